The molecule has 0 saturated carbocycles. The van der Waals surface area contributed by atoms with E-state index in [0.29, 0.717) is 11.3 Å². The predicted molar refractivity (Wildman–Crippen MR) is 113 cm³/mol. The molecule has 0 unspecified atom stereocenters. The zero-order chi connectivity index (χ0) is 22.7. The van der Waals surface area contributed by atoms with E-state index in [1.807, 2.05) is 0 Å². The second-order valence-electron chi connectivity index (χ2n) is 6.22. The van der Waals surface area contributed by atoms with E-state index >= 15 is 0 Å². The number of benzene rings is 2. The predicted octanol–water partition coefficient (Wildman–Crippen LogP) is 5.29. The highest BCUT2D eigenvalue weighted by Gasteiger charge is 2.26. The lowest BCUT2D eigenvalue weighted by molar-refractivity contribution is 0.0466. The van der Waals surface area contributed by atoms with Gasteiger partial charge in [-0.1, -0.05) is 35.3 Å². The molecule has 1 aromatic heterocycles. The Morgan fingerprint density at radius 1 is 1.03 bits per heavy atom. The van der Waals surface area contributed by atoms with Crippen LogP contribution in [-0.2, 0) is 11.3 Å². The highest BCUT2D eigenvalue weighted by molar-refractivity contribution is 6.36. The maximum atomic E-state index is 14.8. The number of ether oxygens (including phenoxy) is 3. The van der Waals surface area contributed by atoms with Crippen LogP contribution in [0.15, 0.2) is 36.4 Å². The van der Waals surface area contributed by atoms with Gasteiger partial charge < -0.3 is 19.9 Å². The van der Waals surface area contributed by atoms with Gasteiger partial charge in [-0.3, -0.25) is 0 Å². The summed E-state index contributed by atoms with van der Waals surface area (Å²) in [5.41, 5.74) is 4.48. The summed E-state index contributed by atoms with van der Waals surface area (Å²) in [6.07, 6.45) is 0. The zero-order valence-electron chi connectivity index (χ0n) is 16.3. The van der Waals surface area contributed by atoms with Crippen LogP contribution in [0.5, 0.6) is 11.5 Å². The Kier molecular flexibility index (Phi) is 6.82. The molecule has 6 nitrogen and oxygen atoms in total. The molecule has 0 atom stereocenters. The monoisotopic (exact) mass is 468 g/mol. The molecular formula is C21H16Cl2F2N2O4. The van der Waals surface area contributed by atoms with E-state index in [-0.39, 0.29) is 22.9 Å². The van der Waals surface area contributed by atoms with E-state index in [0.717, 1.165) is 0 Å². The van der Waals surface area contributed by atoms with Gasteiger partial charge in [0.15, 0.2) is 23.1 Å². The topological polar surface area (TPSA) is 83.7 Å². The van der Waals surface area contributed by atoms with Crippen molar-refractivity contribution < 1.29 is 27.8 Å². The van der Waals surface area contributed by atoms with E-state index in [2.05, 4.69) is 4.98 Å². The van der Waals surface area contributed by atoms with E-state index < -0.39 is 39.7 Å². The molecule has 31 heavy (non-hydrogen) atoms. The summed E-state index contributed by atoms with van der Waals surface area (Å²) in [7, 11) is 2.73. The minimum atomic E-state index is -1.10. The van der Waals surface area contributed by atoms with Crippen molar-refractivity contribution in [1.82, 2.24) is 4.98 Å². The molecule has 0 aliphatic carbocycles. The summed E-state index contributed by atoms with van der Waals surface area (Å²) in [6.45, 7) is -0.115. The van der Waals surface area contributed by atoms with Gasteiger partial charge in [-0.15, -0.1) is 0 Å². The second-order valence-corrected chi connectivity index (χ2v) is 7.00. The highest BCUT2D eigenvalue weighted by atomic mass is 35.5. The summed E-state index contributed by atoms with van der Waals surface area (Å²) < 4.78 is 44.7. The number of esters is 1. The zero-order valence-corrected chi connectivity index (χ0v) is 17.9. The third-order valence-corrected chi connectivity index (χ3v) is 5.02. The molecule has 162 valence electrons. The largest absolute Gasteiger partial charge is 0.497 e. The molecule has 0 aliphatic heterocycles. The van der Waals surface area contributed by atoms with Gasteiger partial charge in [-0.05, 0) is 29.8 Å². The average molecular weight is 469 g/mol. The molecule has 3 aromatic rings. The normalized spacial score (nSPS) is 10.6. The lowest BCUT2D eigenvalue weighted by Gasteiger charge is -2.13. The van der Waals surface area contributed by atoms with Crippen LogP contribution in [0.25, 0.3) is 11.3 Å². The fourth-order valence-electron chi connectivity index (χ4n) is 2.72. The quantitative estimate of drug-likeness (QED) is 0.494. The number of carbonyl (C=O) groups excluding carboxylic acids is 1. The summed E-state index contributed by atoms with van der Waals surface area (Å²) >= 11 is 11.9. The number of hydrogen-bond donors (Lipinski definition) is 1. The molecule has 0 amide bonds. The molecular weight excluding hydrogens is 453 g/mol. The molecule has 10 heteroatoms. The first-order chi connectivity index (χ1) is 14.8. The van der Waals surface area contributed by atoms with Crippen LogP contribution < -0.4 is 15.2 Å². The van der Waals surface area contributed by atoms with E-state index in [4.69, 9.17) is 43.1 Å². The summed E-state index contributed by atoms with van der Waals surface area (Å²) in [6, 6.07) is 9.26. The molecule has 0 radical (unpaired) electrons. The number of methoxy groups -OCH3 is 2. The first-order valence-electron chi connectivity index (χ1n) is 8.75. The summed E-state index contributed by atoms with van der Waals surface area (Å²) in [5, 5.41) is -0.465. The number of halogens is 4. The smallest absolute Gasteiger partial charge is 0.358 e. The average Bonchev–Trinajstić information content (AvgIpc) is 2.77. The van der Waals surface area contributed by atoms with Gasteiger partial charge in [0.05, 0.1) is 30.0 Å². The Morgan fingerprint density at radius 3 is 2.32 bits per heavy atom. The Balaban J connectivity index is 1.96. The van der Waals surface area contributed by atoms with Crippen molar-refractivity contribution in [2.24, 2.45) is 0 Å². The third kappa shape index (κ3) is 4.50. The number of nitrogens with two attached hydrogens (primary N) is 1. The molecule has 0 fully saturated rings. The highest BCUT2D eigenvalue weighted by Crippen LogP contribution is 2.38. The number of hydrogen-bond acceptors (Lipinski definition) is 6. The molecule has 0 saturated heterocycles. The maximum Gasteiger partial charge on any atom is 0.358 e. The van der Waals surface area contributed by atoms with Crippen molar-refractivity contribution in [3.8, 4) is 22.8 Å². The van der Waals surface area contributed by atoms with Crippen molar-refractivity contribution in [3.05, 3.63) is 69.3 Å². The van der Waals surface area contributed by atoms with Gasteiger partial charge in [0.2, 0.25) is 0 Å². The van der Waals surface area contributed by atoms with E-state index in [9.17, 15) is 13.6 Å². The van der Waals surface area contributed by atoms with Gasteiger partial charge in [0.25, 0.3) is 0 Å². The molecule has 3 rings (SSSR count). The molecule has 2 N–H and O–H groups in total. The Hall–Kier alpha value is -3.10. The van der Waals surface area contributed by atoms with Crippen LogP contribution in [0.1, 0.15) is 16.1 Å². The first-order valence-corrected chi connectivity index (χ1v) is 9.51. The van der Waals surface area contributed by atoms with Crippen LogP contribution in [0.2, 0.25) is 10.0 Å². The number of carbonyl (C=O) groups is 1. The first kappa shape index (κ1) is 22.6. The summed E-state index contributed by atoms with van der Waals surface area (Å²) in [4.78, 5) is 16.4. The van der Waals surface area contributed by atoms with Gasteiger partial charge in [0.1, 0.15) is 18.1 Å². The van der Waals surface area contributed by atoms with Crippen LogP contribution in [-0.4, -0.2) is 25.2 Å². The van der Waals surface area contributed by atoms with Crippen molar-refractivity contribution in [2.45, 2.75) is 6.61 Å². The number of aromatic nitrogens is 1. The van der Waals surface area contributed by atoms with Crippen LogP contribution in [0.4, 0.5) is 14.5 Å². The molecule has 1 heterocycles. The van der Waals surface area contributed by atoms with Gasteiger partial charge >= 0.3 is 5.97 Å². The number of anilines is 1. The Labute approximate surface area is 186 Å². The van der Waals surface area contributed by atoms with Crippen molar-refractivity contribution >= 4 is 34.9 Å². The fourth-order valence-corrected chi connectivity index (χ4v) is 3.14. The number of nitrogen functional groups attached to an aromatic ring is 1. The minimum Gasteiger partial charge on any atom is -0.497 e. The molecule has 0 aliphatic rings. The number of rotatable bonds is 6. The number of pyridine rings is 1. The van der Waals surface area contributed by atoms with E-state index in [1.54, 1.807) is 24.3 Å². The second kappa shape index (κ2) is 9.36. The third-order valence-electron chi connectivity index (χ3n) is 4.34. The summed E-state index contributed by atoms with van der Waals surface area (Å²) in [5.74, 6) is -2.70. The van der Waals surface area contributed by atoms with E-state index in [1.165, 1.54) is 26.4 Å². The van der Waals surface area contributed by atoms with Gasteiger partial charge in [0, 0.05) is 5.56 Å². The maximum absolute atomic E-state index is 14.8. The minimum absolute atomic E-state index is 0.0229. The van der Waals surface area contributed by atoms with Crippen LogP contribution in [0.3, 0.4) is 0 Å². The van der Waals surface area contributed by atoms with Crippen molar-refractivity contribution in [2.75, 3.05) is 20.0 Å². The van der Waals surface area contributed by atoms with Crippen molar-refractivity contribution in [1.29, 1.82) is 0 Å². The van der Waals surface area contributed by atoms with Crippen LogP contribution >= 0.6 is 23.2 Å². The lowest BCUT2D eigenvalue weighted by atomic mass is 10.1. The van der Waals surface area contributed by atoms with Gasteiger partial charge in [-0.25, -0.2) is 18.6 Å². The molecule has 0 bridgehead atoms. The fraction of sp³-hybridized carbons (Fsp3) is 0.143. The van der Waals surface area contributed by atoms with Crippen LogP contribution in [0, 0.1) is 11.6 Å². The number of nitrogens with zero attached hydrogens (tertiary/aromatic N) is 1. The lowest BCUT2D eigenvalue weighted by Crippen LogP contribution is -2.12. The Bertz CT molecular complexity index is 1140. The Morgan fingerprint density at radius 2 is 1.71 bits per heavy atom. The van der Waals surface area contributed by atoms with Gasteiger partial charge in [-0.2, -0.15) is 0 Å². The SMILES string of the molecule is COc1ccc(COC(=O)c2nc(-c3ccc(Cl)c(OC)c3F)c(F)c(N)c2Cl)cc1. The molecule has 0 spiro atoms. The molecule has 2 aromatic carbocycles. The standard InChI is InChI=1S/C21H16Cl2F2N2O4/c1-29-11-5-3-10(4-6-11)9-31-21(28)19-14(23)17(26)16(25)18(27-19)12-7-8-13(22)20(30-2)15(12)24/h3-8H,9H2,1-2H3,(H2,26,27). The van der Waals surface area contributed by atoms with Crippen molar-refractivity contribution in [3.63, 3.8) is 0 Å².